The van der Waals surface area contributed by atoms with E-state index in [1.54, 1.807) is 31.4 Å². The summed E-state index contributed by atoms with van der Waals surface area (Å²) in [6.07, 6.45) is 0. The highest BCUT2D eigenvalue weighted by atomic mass is 35.5. The molecule has 0 amide bonds. The van der Waals surface area contributed by atoms with Crippen molar-refractivity contribution in [2.75, 3.05) is 7.11 Å². The molecule has 0 radical (unpaired) electrons. The topological polar surface area (TPSA) is 41.8 Å². The summed E-state index contributed by atoms with van der Waals surface area (Å²) in [6, 6.07) is 6.96. The molecule has 12 heavy (non-hydrogen) atoms. The minimum atomic E-state index is 0.0499. The summed E-state index contributed by atoms with van der Waals surface area (Å²) >= 11 is 5.56. The van der Waals surface area contributed by atoms with Gasteiger partial charge in [-0.05, 0) is 12.1 Å². The molecule has 0 heterocycles. The number of ether oxygens (including phenoxy) is 1. The lowest BCUT2D eigenvalue weighted by Crippen LogP contribution is -1.91. The lowest BCUT2D eigenvalue weighted by atomic mass is 10.2. The maximum absolute atomic E-state index is 8.37. The molecule has 0 saturated heterocycles. The smallest absolute Gasteiger partial charge is 0.175 e. The van der Waals surface area contributed by atoms with E-state index in [-0.39, 0.29) is 5.17 Å². The molecule has 0 saturated carbocycles. The zero-order chi connectivity index (χ0) is 8.97. The molecule has 0 aliphatic heterocycles. The van der Waals surface area contributed by atoms with Crippen LogP contribution in [0.5, 0.6) is 5.75 Å². The van der Waals surface area contributed by atoms with Gasteiger partial charge in [0, 0.05) is 5.56 Å². The Balaban J connectivity index is 3.02. The molecule has 0 atom stereocenters. The molecule has 1 rings (SSSR count). The van der Waals surface area contributed by atoms with E-state index in [1.807, 2.05) is 0 Å². The second-order valence-electron chi connectivity index (χ2n) is 2.12. The fourth-order valence-electron chi connectivity index (χ4n) is 0.809. The summed E-state index contributed by atoms with van der Waals surface area (Å²) in [6.45, 7) is 0. The van der Waals surface area contributed by atoms with Crippen molar-refractivity contribution in [3.63, 3.8) is 0 Å². The minimum Gasteiger partial charge on any atom is -0.497 e. The first kappa shape index (κ1) is 8.87. The van der Waals surface area contributed by atoms with Crippen molar-refractivity contribution in [2.45, 2.75) is 0 Å². The van der Waals surface area contributed by atoms with Crippen molar-refractivity contribution in [1.29, 1.82) is 0 Å². The molecule has 0 unspecified atom stereocenters. The zero-order valence-electron chi connectivity index (χ0n) is 6.49. The molecular weight excluding hydrogens is 178 g/mol. The van der Waals surface area contributed by atoms with Gasteiger partial charge in [0.05, 0.1) is 7.11 Å². The van der Waals surface area contributed by atoms with Gasteiger partial charge < -0.3 is 9.94 Å². The van der Waals surface area contributed by atoms with Crippen LogP contribution in [0.25, 0.3) is 0 Å². The van der Waals surface area contributed by atoms with Gasteiger partial charge in [0.1, 0.15) is 5.75 Å². The number of hydrogen-bond donors (Lipinski definition) is 1. The van der Waals surface area contributed by atoms with E-state index in [4.69, 9.17) is 21.5 Å². The van der Waals surface area contributed by atoms with E-state index in [2.05, 4.69) is 5.16 Å². The van der Waals surface area contributed by atoms with Gasteiger partial charge in [-0.25, -0.2) is 0 Å². The summed E-state index contributed by atoms with van der Waals surface area (Å²) in [4.78, 5) is 0. The van der Waals surface area contributed by atoms with Crippen LogP contribution in [0.4, 0.5) is 0 Å². The third-order valence-electron chi connectivity index (χ3n) is 1.40. The second-order valence-corrected chi connectivity index (χ2v) is 2.48. The first-order valence-corrected chi connectivity index (χ1v) is 3.67. The molecule has 0 aliphatic carbocycles. The van der Waals surface area contributed by atoms with E-state index in [0.717, 1.165) is 0 Å². The molecular formula is C8H8ClNO2. The van der Waals surface area contributed by atoms with Crippen molar-refractivity contribution in [3.8, 4) is 5.75 Å². The number of hydrogen-bond acceptors (Lipinski definition) is 3. The highest BCUT2D eigenvalue weighted by molar-refractivity contribution is 6.69. The molecule has 3 nitrogen and oxygen atoms in total. The van der Waals surface area contributed by atoms with Crippen LogP contribution in [0.1, 0.15) is 5.56 Å². The average Bonchev–Trinajstić information content (AvgIpc) is 2.17. The number of halogens is 1. The van der Waals surface area contributed by atoms with Crippen LogP contribution < -0.4 is 4.74 Å². The third-order valence-corrected chi connectivity index (χ3v) is 1.69. The Morgan fingerprint density at radius 3 is 2.92 bits per heavy atom. The number of oxime groups is 1. The minimum absolute atomic E-state index is 0.0499. The van der Waals surface area contributed by atoms with Crippen molar-refractivity contribution in [2.24, 2.45) is 5.16 Å². The SMILES string of the molecule is COc1cccc(C(Cl)=NO)c1. The van der Waals surface area contributed by atoms with Gasteiger partial charge in [0.15, 0.2) is 5.17 Å². The molecule has 4 heteroatoms. The quantitative estimate of drug-likeness (QED) is 0.436. The number of methoxy groups -OCH3 is 1. The Morgan fingerprint density at radius 2 is 2.33 bits per heavy atom. The highest BCUT2D eigenvalue weighted by Crippen LogP contribution is 2.14. The first-order valence-electron chi connectivity index (χ1n) is 3.30. The van der Waals surface area contributed by atoms with Crippen LogP contribution in [-0.4, -0.2) is 17.5 Å². The van der Waals surface area contributed by atoms with E-state index in [9.17, 15) is 0 Å². The number of benzene rings is 1. The molecule has 0 spiro atoms. The predicted octanol–water partition coefficient (Wildman–Crippen LogP) is 2.07. The van der Waals surface area contributed by atoms with Crippen LogP contribution in [0.2, 0.25) is 0 Å². The van der Waals surface area contributed by atoms with Gasteiger partial charge >= 0.3 is 0 Å². The van der Waals surface area contributed by atoms with Crippen molar-refractivity contribution in [3.05, 3.63) is 29.8 Å². The Labute approximate surface area is 75.2 Å². The van der Waals surface area contributed by atoms with Crippen LogP contribution >= 0.6 is 11.6 Å². The standard InChI is InChI=1S/C8H8ClNO2/c1-12-7-4-2-3-6(5-7)8(9)10-11/h2-5,11H,1H3. The van der Waals surface area contributed by atoms with Crippen LogP contribution in [0.3, 0.4) is 0 Å². The van der Waals surface area contributed by atoms with Gasteiger partial charge in [0.2, 0.25) is 0 Å². The van der Waals surface area contributed by atoms with Crippen molar-refractivity contribution >= 4 is 16.8 Å². The summed E-state index contributed by atoms with van der Waals surface area (Å²) in [5.41, 5.74) is 0.624. The third kappa shape index (κ3) is 1.89. The van der Waals surface area contributed by atoms with Gasteiger partial charge in [-0.1, -0.05) is 28.9 Å². The normalized spacial score (nSPS) is 11.3. The second kappa shape index (κ2) is 3.97. The van der Waals surface area contributed by atoms with E-state index < -0.39 is 0 Å². The van der Waals surface area contributed by atoms with Crippen molar-refractivity contribution in [1.82, 2.24) is 0 Å². The summed E-state index contributed by atoms with van der Waals surface area (Å²) in [5, 5.41) is 11.3. The zero-order valence-corrected chi connectivity index (χ0v) is 7.25. The Morgan fingerprint density at radius 1 is 1.58 bits per heavy atom. The van der Waals surface area contributed by atoms with Gasteiger partial charge in [-0.15, -0.1) is 0 Å². The number of rotatable bonds is 2. The fraction of sp³-hybridized carbons (Fsp3) is 0.125. The maximum Gasteiger partial charge on any atom is 0.175 e. The lowest BCUT2D eigenvalue weighted by Gasteiger charge is -2.00. The monoisotopic (exact) mass is 185 g/mol. The Hall–Kier alpha value is -1.22. The average molecular weight is 186 g/mol. The summed E-state index contributed by atoms with van der Waals surface area (Å²) in [7, 11) is 1.56. The molecule has 64 valence electrons. The molecule has 0 fully saturated rings. The first-order chi connectivity index (χ1) is 5.77. The molecule has 1 aromatic rings. The lowest BCUT2D eigenvalue weighted by molar-refractivity contribution is 0.321. The molecule has 0 aliphatic rings. The molecule has 0 bridgehead atoms. The summed E-state index contributed by atoms with van der Waals surface area (Å²) < 4.78 is 4.95. The predicted molar refractivity (Wildman–Crippen MR) is 47.2 cm³/mol. The summed E-state index contributed by atoms with van der Waals surface area (Å²) in [5.74, 6) is 0.675. The Kier molecular flexibility index (Phi) is 2.94. The van der Waals surface area contributed by atoms with Crippen LogP contribution in [-0.2, 0) is 0 Å². The van der Waals surface area contributed by atoms with Crippen LogP contribution in [0.15, 0.2) is 29.4 Å². The molecule has 0 aromatic heterocycles. The van der Waals surface area contributed by atoms with Crippen LogP contribution in [0, 0.1) is 0 Å². The van der Waals surface area contributed by atoms with Gasteiger partial charge in [0.25, 0.3) is 0 Å². The Bertz CT molecular complexity index is 299. The maximum atomic E-state index is 8.37. The van der Waals surface area contributed by atoms with Gasteiger partial charge in [-0.3, -0.25) is 0 Å². The molecule has 1 N–H and O–H groups in total. The largest absolute Gasteiger partial charge is 0.497 e. The van der Waals surface area contributed by atoms with Gasteiger partial charge in [-0.2, -0.15) is 0 Å². The molecule has 1 aromatic carbocycles. The van der Waals surface area contributed by atoms with E-state index in [1.165, 1.54) is 0 Å². The van der Waals surface area contributed by atoms with E-state index in [0.29, 0.717) is 11.3 Å². The highest BCUT2D eigenvalue weighted by Gasteiger charge is 2.00. The number of nitrogens with zero attached hydrogens (tertiary/aromatic N) is 1. The fourth-order valence-corrected chi connectivity index (χ4v) is 0.927. The van der Waals surface area contributed by atoms with E-state index >= 15 is 0 Å². The van der Waals surface area contributed by atoms with Crippen molar-refractivity contribution < 1.29 is 9.94 Å².